The van der Waals surface area contributed by atoms with E-state index in [0.717, 1.165) is 12.0 Å². The van der Waals surface area contributed by atoms with Crippen molar-refractivity contribution in [2.45, 2.75) is 25.9 Å². The summed E-state index contributed by atoms with van der Waals surface area (Å²) in [5.74, 6) is -0.400. The standard InChI is InChI=1S/C10H12ClFO/c1-7(13)2-3-8-4-5-10(12)9(11)6-8/h4-7,13H,2-3H2,1H3/t7-/m0/s1. The molecule has 1 atom stereocenters. The summed E-state index contributed by atoms with van der Waals surface area (Å²) in [5, 5.41) is 9.17. The minimum atomic E-state index is -0.400. The molecule has 0 amide bonds. The molecule has 0 aliphatic rings. The summed E-state index contributed by atoms with van der Waals surface area (Å²) < 4.78 is 12.7. The zero-order valence-corrected chi connectivity index (χ0v) is 8.18. The number of aliphatic hydroxyl groups is 1. The highest BCUT2D eigenvalue weighted by atomic mass is 35.5. The molecule has 0 heterocycles. The average Bonchev–Trinajstić information content (AvgIpc) is 2.07. The van der Waals surface area contributed by atoms with Crippen LogP contribution in [0.3, 0.4) is 0 Å². The van der Waals surface area contributed by atoms with Gasteiger partial charge in [-0.25, -0.2) is 4.39 Å². The van der Waals surface area contributed by atoms with Crippen LogP contribution in [0.15, 0.2) is 18.2 Å². The van der Waals surface area contributed by atoms with Gasteiger partial charge in [0.2, 0.25) is 0 Å². The van der Waals surface area contributed by atoms with E-state index in [0.29, 0.717) is 6.42 Å². The Hall–Kier alpha value is -0.600. The van der Waals surface area contributed by atoms with Crippen molar-refractivity contribution in [1.82, 2.24) is 0 Å². The van der Waals surface area contributed by atoms with E-state index in [2.05, 4.69) is 0 Å². The van der Waals surface area contributed by atoms with Gasteiger partial charge < -0.3 is 5.11 Å². The monoisotopic (exact) mass is 202 g/mol. The molecule has 0 unspecified atom stereocenters. The van der Waals surface area contributed by atoms with Gasteiger partial charge in [-0.3, -0.25) is 0 Å². The minimum absolute atomic E-state index is 0.142. The van der Waals surface area contributed by atoms with E-state index >= 15 is 0 Å². The fraction of sp³-hybridized carbons (Fsp3) is 0.400. The van der Waals surface area contributed by atoms with Gasteiger partial charge in [-0.2, -0.15) is 0 Å². The van der Waals surface area contributed by atoms with Gasteiger partial charge in [0.25, 0.3) is 0 Å². The number of hydrogen-bond acceptors (Lipinski definition) is 1. The number of benzene rings is 1. The van der Waals surface area contributed by atoms with Crippen LogP contribution in [0.4, 0.5) is 4.39 Å². The molecular formula is C10H12ClFO. The minimum Gasteiger partial charge on any atom is -0.393 e. The maximum Gasteiger partial charge on any atom is 0.141 e. The van der Waals surface area contributed by atoms with Crippen molar-refractivity contribution < 1.29 is 9.50 Å². The summed E-state index contributed by atoms with van der Waals surface area (Å²) in [6.45, 7) is 1.73. The van der Waals surface area contributed by atoms with E-state index in [9.17, 15) is 4.39 Å². The third kappa shape index (κ3) is 3.33. The lowest BCUT2D eigenvalue weighted by Crippen LogP contribution is -2.01. The van der Waals surface area contributed by atoms with E-state index in [4.69, 9.17) is 16.7 Å². The van der Waals surface area contributed by atoms with Crippen LogP contribution in [-0.4, -0.2) is 11.2 Å². The first-order valence-electron chi connectivity index (χ1n) is 4.21. The van der Waals surface area contributed by atoms with Crippen molar-refractivity contribution in [3.05, 3.63) is 34.6 Å². The Kier molecular flexibility index (Phi) is 3.70. The first-order chi connectivity index (χ1) is 6.09. The van der Waals surface area contributed by atoms with E-state index in [-0.39, 0.29) is 11.1 Å². The molecule has 1 nitrogen and oxygen atoms in total. The molecule has 0 saturated heterocycles. The number of hydrogen-bond donors (Lipinski definition) is 1. The molecule has 0 fully saturated rings. The van der Waals surface area contributed by atoms with Crippen LogP contribution in [0.1, 0.15) is 18.9 Å². The molecule has 1 N–H and O–H groups in total. The van der Waals surface area contributed by atoms with Gasteiger partial charge in [0.05, 0.1) is 11.1 Å². The van der Waals surface area contributed by atoms with Gasteiger partial charge in [-0.15, -0.1) is 0 Å². The van der Waals surface area contributed by atoms with Crippen molar-refractivity contribution in [2.75, 3.05) is 0 Å². The molecule has 1 rings (SSSR count). The quantitative estimate of drug-likeness (QED) is 0.799. The highest BCUT2D eigenvalue weighted by Gasteiger charge is 2.02. The summed E-state index contributed by atoms with van der Waals surface area (Å²) in [7, 11) is 0. The molecule has 72 valence electrons. The van der Waals surface area contributed by atoms with Gasteiger partial charge in [-0.05, 0) is 37.5 Å². The predicted octanol–water partition coefficient (Wildman–Crippen LogP) is 2.79. The van der Waals surface area contributed by atoms with E-state index in [1.807, 2.05) is 0 Å². The van der Waals surface area contributed by atoms with E-state index in [1.54, 1.807) is 19.1 Å². The topological polar surface area (TPSA) is 20.2 Å². The van der Waals surface area contributed by atoms with Crippen LogP contribution >= 0.6 is 11.6 Å². The molecule has 0 aliphatic heterocycles. The second-order valence-electron chi connectivity index (χ2n) is 3.14. The molecule has 0 saturated carbocycles. The van der Waals surface area contributed by atoms with E-state index in [1.165, 1.54) is 6.07 Å². The summed E-state index contributed by atoms with van der Waals surface area (Å²) in [4.78, 5) is 0. The molecule has 0 bridgehead atoms. The SMILES string of the molecule is C[C@H](O)CCc1ccc(F)c(Cl)c1. The third-order valence-electron chi connectivity index (χ3n) is 1.83. The van der Waals surface area contributed by atoms with Crippen LogP contribution in [0, 0.1) is 5.82 Å². The third-order valence-corrected chi connectivity index (χ3v) is 2.12. The Morgan fingerprint density at radius 2 is 2.23 bits per heavy atom. The first-order valence-corrected chi connectivity index (χ1v) is 4.59. The maximum absolute atomic E-state index is 12.7. The fourth-order valence-corrected chi connectivity index (χ4v) is 1.27. The zero-order chi connectivity index (χ0) is 9.84. The van der Waals surface area contributed by atoms with Crippen LogP contribution in [0.25, 0.3) is 0 Å². The fourth-order valence-electron chi connectivity index (χ4n) is 1.07. The summed E-state index contributed by atoms with van der Waals surface area (Å²) in [5.41, 5.74) is 0.951. The summed E-state index contributed by atoms with van der Waals surface area (Å²) >= 11 is 5.59. The lowest BCUT2D eigenvalue weighted by molar-refractivity contribution is 0.185. The Morgan fingerprint density at radius 3 is 2.77 bits per heavy atom. The van der Waals surface area contributed by atoms with Crippen LogP contribution < -0.4 is 0 Å². The first kappa shape index (κ1) is 10.5. The number of halogens is 2. The summed E-state index contributed by atoms with van der Waals surface area (Å²) in [6, 6.07) is 4.63. The van der Waals surface area contributed by atoms with E-state index < -0.39 is 5.82 Å². The lowest BCUT2D eigenvalue weighted by atomic mass is 10.1. The molecule has 0 aromatic heterocycles. The van der Waals surface area contributed by atoms with Crippen LogP contribution in [0.2, 0.25) is 5.02 Å². The normalized spacial score (nSPS) is 12.9. The van der Waals surface area contributed by atoms with Gasteiger partial charge in [0, 0.05) is 0 Å². The molecule has 1 aromatic rings. The van der Waals surface area contributed by atoms with Crippen molar-refractivity contribution in [1.29, 1.82) is 0 Å². The van der Waals surface area contributed by atoms with Crippen molar-refractivity contribution in [3.63, 3.8) is 0 Å². The zero-order valence-electron chi connectivity index (χ0n) is 7.43. The second kappa shape index (κ2) is 4.58. The average molecular weight is 203 g/mol. The van der Waals surface area contributed by atoms with Crippen LogP contribution in [-0.2, 0) is 6.42 Å². The highest BCUT2D eigenvalue weighted by Crippen LogP contribution is 2.17. The number of aliphatic hydroxyl groups excluding tert-OH is 1. The molecule has 0 aliphatic carbocycles. The van der Waals surface area contributed by atoms with Crippen molar-refractivity contribution >= 4 is 11.6 Å². The second-order valence-corrected chi connectivity index (χ2v) is 3.54. The molecule has 0 spiro atoms. The van der Waals surface area contributed by atoms with Gasteiger partial charge in [-0.1, -0.05) is 17.7 Å². The maximum atomic E-state index is 12.7. The molecule has 3 heteroatoms. The van der Waals surface area contributed by atoms with Gasteiger partial charge in [0.1, 0.15) is 5.82 Å². The molecule has 1 aromatic carbocycles. The largest absolute Gasteiger partial charge is 0.393 e. The lowest BCUT2D eigenvalue weighted by Gasteiger charge is -2.04. The Labute approximate surface area is 82.2 Å². The predicted molar refractivity (Wildman–Crippen MR) is 51.4 cm³/mol. The Morgan fingerprint density at radius 1 is 1.54 bits per heavy atom. The smallest absolute Gasteiger partial charge is 0.141 e. The molecular weight excluding hydrogens is 191 g/mol. The summed E-state index contributed by atoms with van der Waals surface area (Å²) in [6.07, 6.45) is 1.06. The van der Waals surface area contributed by atoms with Crippen LogP contribution in [0.5, 0.6) is 0 Å². The molecule has 0 radical (unpaired) electrons. The highest BCUT2D eigenvalue weighted by molar-refractivity contribution is 6.30. The Balaban J connectivity index is 2.63. The van der Waals surface area contributed by atoms with Gasteiger partial charge >= 0.3 is 0 Å². The van der Waals surface area contributed by atoms with Crippen molar-refractivity contribution in [2.24, 2.45) is 0 Å². The molecule has 13 heavy (non-hydrogen) atoms. The Bertz CT molecular complexity index is 286. The van der Waals surface area contributed by atoms with Crippen molar-refractivity contribution in [3.8, 4) is 0 Å². The number of aryl methyl sites for hydroxylation is 1. The van der Waals surface area contributed by atoms with Gasteiger partial charge in [0.15, 0.2) is 0 Å². The number of rotatable bonds is 3.